The number of aryl methyl sites for hydroxylation is 1. The molecule has 1 aromatic heterocycles. The van der Waals surface area contributed by atoms with Gasteiger partial charge in [-0.3, -0.25) is 0 Å². The first-order chi connectivity index (χ1) is 9.01. The number of rotatable bonds is 4. The molecule has 0 aliphatic rings. The van der Waals surface area contributed by atoms with Gasteiger partial charge >= 0.3 is 0 Å². The zero-order valence-electron chi connectivity index (χ0n) is 10.3. The minimum absolute atomic E-state index is 0.0443. The smallest absolute Gasteiger partial charge is 0.194 e. The number of thiophene rings is 1. The van der Waals surface area contributed by atoms with Crippen LogP contribution in [0.2, 0.25) is 0 Å². The minimum atomic E-state index is -1.51. The van der Waals surface area contributed by atoms with Crippen LogP contribution >= 0.6 is 11.3 Å². The Hall–Kier alpha value is -1.33. The van der Waals surface area contributed by atoms with Crippen LogP contribution in [-0.2, 0) is 12.8 Å². The van der Waals surface area contributed by atoms with Crippen molar-refractivity contribution in [2.24, 2.45) is 0 Å². The second-order valence-corrected chi connectivity index (χ2v) is 5.49. The molecule has 1 atom stereocenters. The molecule has 0 spiro atoms. The van der Waals surface area contributed by atoms with Crippen LogP contribution in [0.25, 0.3) is 0 Å². The fourth-order valence-corrected chi connectivity index (χ4v) is 2.79. The lowest BCUT2D eigenvalue weighted by Crippen LogP contribution is -2.03. The van der Waals surface area contributed by atoms with Crippen LogP contribution in [0, 0.1) is 17.5 Å². The Morgan fingerprint density at radius 3 is 2.21 bits per heavy atom. The number of hydrogen-bond donors (Lipinski definition) is 1. The molecule has 0 bridgehead atoms. The van der Waals surface area contributed by atoms with Crippen LogP contribution in [0.1, 0.15) is 28.3 Å². The van der Waals surface area contributed by atoms with Gasteiger partial charge in [0, 0.05) is 16.2 Å². The second-order valence-electron chi connectivity index (χ2n) is 4.24. The van der Waals surface area contributed by atoms with E-state index in [0.717, 1.165) is 23.4 Å². The average Bonchev–Trinajstić information content (AvgIpc) is 2.83. The minimum Gasteiger partial charge on any atom is -0.388 e. The maximum Gasteiger partial charge on any atom is 0.194 e. The van der Waals surface area contributed by atoms with E-state index in [1.54, 1.807) is 11.3 Å². The topological polar surface area (TPSA) is 20.2 Å². The Balaban J connectivity index is 2.17. The molecule has 0 amide bonds. The third-order valence-corrected chi connectivity index (χ3v) is 4.10. The van der Waals surface area contributed by atoms with Gasteiger partial charge < -0.3 is 5.11 Å². The second kappa shape index (κ2) is 5.75. The summed E-state index contributed by atoms with van der Waals surface area (Å²) < 4.78 is 39.0. The van der Waals surface area contributed by atoms with E-state index in [9.17, 15) is 18.3 Å². The largest absolute Gasteiger partial charge is 0.388 e. The molecule has 0 fully saturated rings. The van der Waals surface area contributed by atoms with Gasteiger partial charge in [-0.25, -0.2) is 13.2 Å². The van der Waals surface area contributed by atoms with E-state index < -0.39 is 23.6 Å². The summed E-state index contributed by atoms with van der Waals surface area (Å²) in [4.78, 5) is 2.10. The van der Waals surface area contributed by atoms with Crippen molar-refractivity contribution in [1.29, 1.82) is 0 Å². The number of halogens is 3. The van der Waals surface area contributed by atoms with Crippen LogP contribution in [0.5, 0.6) is 0 Å². The Kier molecular flexibility index (Phi) is 4.27. The van der Waals surface area contributed by atoms with Crippen LogP contribution in [0.3, 0.4) is 0 Å². The molecular weight excluding hydrogens is 273 g/mol. The lowest BCUT2D eigenvalue weighted by Gasteiger charge is -2.10. The van der Waals surface area contributed by atoms with Crippen molar-refractivity contribution in [2.45, 2.75) is 25.9 Å². The predicted molar refractivity (Wildman–Crippen MR) is 68.7 cm³/mol. The Morgan fingerprint density at radius 2 is 1.68 bits per heavy atom. The van der Waals surface area contributed by atoms with Crippen molar-refractivity contribution in [1.82, 2.24) is 0 Å². The van der Waals surface area contributed by atoms with Crippen molar-refractivity contribution < 1.29 is 18.3 Å². The Labute approximate surface area is 113 Å². The summed E-state index contributed by atoms with van der Waals surface area (Å²) in [6.07, 6.45) is 0.114. The van der Waals surface area contributed by atoms with Gasteiger partial charge in [0.05, 0.1) is 6.10 Å². The standard InChI is InChI=1S/C14H13F3OS/c1-2-9-3-4-10(19-9)7-13(18)8-5-11(15)14(17)12(16)6-8/h3-6,13,18H,2,7H2,1H3. The normalized spacial score (nSPS) is 12.7. The van der Waals surface area contributed by atoms with Gasteiger partial charge in [-0.05, 0) is 36.2 Å². The van der Waals surface area contributed by atoms with Crippen molar-refractivity contribution in [3.63, 3.8) is 0 Å². The highest BCUT2D eigenvalue weighted by molar-refractivity contribution is 7.11. The molecule has 2 aromatic rings. The third-order valence-electron chi connectivity index (χ3n) is 2.85. The van der Waals surface area contributed by atoms with Gasteiger partial charge in [-0.15, -0.1) is 11.3 Å². The molecule has 1 nitrogen and oxygen atoms in total. The molecule has 0 saturated carbocycles. The lowest BCUT2D eigenvalue weighted by atomic mass is 10.1. The SMILES string of the molecule is CCc1ccc(CC(O)c2cc(F)c(F)c(F)c2)s1. The first-order valence-electron chi connectivity index (χ1n) is 5.91. The first kappa shape index (κ1) is 14.1. The summed E-state index contributed by atoms with van der Waals surface area (Å²) in [5.41, 5.74) is 0.0443. The molecular formula is C14H13F3OS. The number of benzene rings is 1. The zero-order valence-corrected chi connectivity index (χ0v) is 11.1. The van der Waals surface area contributed by atoms with Gasteiger partial charge in [-0.1, -0.05) is 6.92 Å². The molecule has 5 heteroatoms. The summed E-state index contributed by atoms with van der Waals surface area (Å²) in [5.74, 6) is -4.08. The molecule has 19 heavy (non-hydrogen) atoms. The van der Waals surface area contributed by atoms with Crippen molar-refractivity contribution >= 4 is 11.3 Å². The molecule has 0 saturated heterocycles. The fraction of sp³-hybridized carbons (Fsp3) is 0.286. The Morgan fingerprint density at radius 1 is 1.11 bits per heavy atom. The third kappa shape index (κ3) is 3.16. The van der Waals surface area contributed by atoms with Gasteiger partial charge in [-0.2, -0.15) is 0 Å². The lowest BCUT2D eigenvalue weighted by molar-refractivity contribution is 0.178. The van der Waals surface area contributed by atoms with Gasteiger partial charge in [0.2, 0.25) is 0 Å². The predicted octanol–water partition coefficient (Wildman–Crippen LogP) is 4.00. The number of aliphatic hydroxyl groups is 1. The van der Waals surface area contributed by atoms with Gasteiger partial charge in [0.1, 0.15) is 0 Å². The molecule has 1 unspecified atom stereocenters. The highest BCUT2D eigenvalue weighted by Gasteiger charge is 2.16. The summed E-state index contributed by atoms with van der Waals surface area (Å²) in [7, 11) is 0. The molecule has 1 heterocycles. The molecule has 0 aliphatic carbocycles. The van der Waals surface area contributed by atoms with Crippen molar-refractivity contribution in [2.75, 3.05) is 0 Å². The average molecular weight is 286 g/mol. The van der Waals surface area contributed by atoms with E-state index in [1.807, 2.05) is 19.1 Å². The van der Waals surface area contributed by atoms with Crippen molar-refractivity contribution in [3.05, 3.63) is 57.0 Å². The van der Waals surface area contributed by atoms with E-state index >= 15 is 0 Å². The van der Waals surface area contributed by atoms with Crippen LogP contribution in [0.4, 0.5) is 13.2 Å². The highest BCUT2D eigenvalue weighted by atomic mass is 32.1. The summed E-state index contributed by atoms with van der Waals surface area (Å²) in [6, 6.07) is 5.50. The summed E-state index contributed by atoms with van der Waals surface area (Å²) in [6.45, 7) is 2.02. The number of aliphatic hydroxyl groups excluding tert-OH is 1. The van der Waals surface area contributed by atoms with E-state index in [0.29, 0.717) is 0 Å². The molecule has 1 N–H and O–H groups in total. The van der Waals surface area contributed by atoms with E-state index in [4.69, 9.17) is 0 Å². The van der Waals surface area contributed by atoms with E-state index in [-0.39, 0.29) is 12.0 Å². The fourth-order valence-electron chi connectivity index (χ4n) is 1.80. The summed E-state index contributed by atoms with van der Waals surface area (Å²) in [5, 5.41) is 9.95. The molecule has 1 aromatic carbocycles. The number of hydrogen-bond acceptors (Lipinski definition) is 2. The molecule has 0 aliphatic heterocycles. The van der Waals surface area contributed by atoms with Crippen LogP contribution < -0.4 is 0 Å². The maximum atomic E-state index is 13.1. The van der Waals surface area contributed by atoms with E-state index in [1.165, 1.54) is 4.88 Å². The summed E-state index contributed by atoms with van der Waals surface area (Å²) >= 11 is 1.55. The van der Waals surface area contributed by atoms with Gasteiger partial charge in [0.25, 0.3) is 0 Å². The van der Waals surface area contributed by atoms with Crippen LogP contribution in [-0.4, -0.2) is 5.11 Å². The first-order valence-corrected chi connectivity index (χ1v) is 6.73. The van der Waals surface area contributed by atoms with Crippen LogP contribution in [0.15, 0.2) is 24.3 Å². The molecule has 102 valence electrons. The monoisotopic (exact) mass is 286 g/mol. The van der Waals surface area contributed by atoms with Gasteiger partial charge in [0.15, 0.2) is 17.5 Å². The molecule has 0 radical (unpaired) electrons. The van der Waals surface area contributed by atoms with E-state index in [2.05, 4.69) is 0 Å². The highest BCUT2D eigenvalue weighted by Crippen LogP contribution is 2.26. The Bertz CT molecular complexity index is 557. The maximum absolute atomic E-state index is 13.1. The quantitative estimate of drug-likeness (QED) is 0.842. The molecule has 2 rings (SSSR count). The zero-order chi connectivity index (χ0) is 14.0. The van der Waals surface area contributed by atoms with Crippen molar-refractivity contribution in [3.8, 4) is 0 Å².